The fraction of sp³-hybridized carbons (Fsp3) is 0.667. The lowest BCUT2D eigenvalue weighted by molar-refractivity contribution is -0.122. The summed E-state index contributed by atoms with van der Waals surface area (Å²) >= 11 is 0. The molecule has 0 spiro atoms. The predicted molar refractivity (Wildman–Crippen MR) is 132 cm³/mol. The van der Waals surface area contributed by atoms with Crippen molar-refractivity contribution in [2.24, 2.45) is 11.8 Å². The number of rotatable bonds is 4. The van der Waals surface area contributed by atoms with E-state index in [1.807, 2.05) is 0 Å². The molecule has 8 heteroatoms. The lowest BCUT2D eigenvalue weighted by Gasteiger charge is -2.34. The number of ether oxygens (including phenoxy) is 2. The van der Waals surface area contributed by atoms with E-state index in [-0.39, 0.29) is 23.1 Å². The van der Waals surface area contributed by atoms with Gasteiger partial charge in [-0.15, -0.1) is 0 Å². The summed E-state index contributed by atoms with van der Waals surface area (Å²) in [5, 5.41) is 2.78. The molecule has 1 N–H and O–H groups in total. The monoisotopic (exact) mass is 490 g/mol. The Morgan fingerprint density at radius 2 is 1.57 bits per heavy atom. The number of hydrogen-bond donors (Lipinski definition) is 1. The summed E-state index contributed by atoms with van der Waals surface area (Å²) in [5.41, 5.74) is -1.41. The van der Waals surface area contributed by atoms with Gasteiger partial charge in [0.15, 0.2) is 0 Å². The first-order valence-electron chi connectivity index (χ1n) is 12.6. The first-order chi connectivity index (χ1) is 16.2. The fourth-order valence-electron chi connectivity index (χ4n) is 5.04. The number of nitrogens with one attached hydrogen (secondary N) is 1. The second kappa shape index (κ2) is 10.5. The SMILES string of the molecule is CC(C)(C)OC(=O)c1ccc(NC(=O)[C@@H]2[C@H](C3CCCCC3)CCN2C(=O)OC(C)(C)C)cc1F. The van der Waals surface area contributed by atoms with E-state index in [4.69, 9.17) is 9.47 Å². The molecule has 2 atom stereocenters. The van der Waals surface area contributed by atoms with E-state index in [1.54, 1.807) is 41.5 Å². The molecule has 1 saturated heterocycles. The maximum Gasteiger partial charge on any atom is 0.410 e. The van der Waals surface area contributed by atoms with Crippen molar-refractivity contribution in [1.29, 1.82) is 0 Å². The number of carbonyl (C=O) groups is 3. The van der Waals surface area contributed by atoms with Gasteiger partial charge in [0.1, 0.15) is 23.1 Å². The molecular formula is C27H39FN2O5. The van der Waals surface area contributed by atoms with Gasteiger partial charge in [0.25, 0.3) is 0 Å². The second-order valence-corrected chi connectivity index (χ2v) is 11.7. The highest BCUT2D eigenvalue weighted by Gasteiger charge is 2.46. The minimum Gasteiger partial charge on any atom is -0.456 e. The van der Waals surface area contributed by atoms with Crippen molar-refractivity contribution >= 4 is 23.7 Å². The zero-order chi connectivity index (χ0) is 26.0. The summed E-state index contributed by atoms with van der Waals surface area (Å²) in [7, 11) is 0. The molecule has 194 valence electrons. The van der Waals surface area contributed by atoms with Gasteiger partial charge in [-0.25, -0.2) is 14.0 Å². The van der Waals surface area contributed by atoms with Gasteiger partial charge in [0.2, 0.25) is 5.91 Å². The molecule has 0 radical (unpaired) electrons. The Morgan fingerprint density at radius 3 is 2.14 bits per heavy atom. The number of carbonyl (C=O) groups excluding carboxylic acids is 3. The average molecular weight is 491 g/mol. The van der Waals surface area contributed by atoms with Crippen LogP contribution in [0.1, 0.15) is 90.4 Å². The van der Waals surface area contributed by atoms with Crippen LogP contribution < -0.4 is 5.32 Å². The molecule has 2 fully saturated rings. The van der Waals surface area contributed by atoms with Crippen LogP contribution in [0.25, 0.3) is 0 Å². The highest BCUT2D eigenvalue weighted by molar-refractivity contribution is 5.98. The number of anilines is 1. The Bertz CT molecular complexity index is 944. The van der Waals surface area contributed by atoms with E-state index in [2.05, 4.69) is 5.32 Å². The molecule has 1 aromatic rings. The Morgan fingerprint density at radius 1 is 0.943 bits per heavy atom. The van der Waals surface area contributed by atoms with Crippen LogP contribution in [-0.4, -0.2) is 46.7 Å². The first-order valence-corrected chi connectivity index (χ1v) is 12.6. The van der Waals surface area contributed by atoms with Gasteiger partial charge in [-0.3, -0.25) is 9.69 Å². The second-order valence-electron chi connectivity index (χ2n) is 11.7. The molecule has 1 saturated carbocycles. The van der Waals surface area contributed by atoms with Crippen LogP contribution in [0.4, 0.5) is 14.9 Å². The predicted octanol–water partition coefficient (Wildman–Crippen LogP) is 5.93. The van der Waals surface area contributed by atoms with Crippen molar-refractivity contribution in [2.75, 3.05) is 11.9 Å². The largest absolute Gasteiger partial charge is 0.456 e. The molecule has 2 aliphatic rings. The average Bonchev–Trinajstić information content (AvgIpc) is 3.17. The molecule has 1 aliphatic heterocycles. The third kappa shape index (κ3) is 7.18. The lowest BCUT2D eigenvalue weighted by atomic mass is 9.76. The van der Waals surface area contributed by atoms with Gasteiger partial charge >= 0.3 is 12.1 Å². The highest BCUT2D eigenvalue weighted by atomic mass is 19.1. The number of benzene rings is 1. The van der Waals surface area contributed by atoms with Gasteiger partial charge in [-0.05, 0) is 78.0 Å². The number of hydrogen-bond acceptors (Lipinski definition) is 5. The van der Waals surface area contributed by atoms with Crippen LogP contribution in [0, 0.1) is 17.7 Å². The molecule has 1 heterocycles. The third-order valence-corrected chi connectivity index (χ3v) is 6.45. The fourth-order valence-corrected chi connectivity index (χ4v) is 5.04. The van der Waals surface area contributed by atoms with Gasteiger partial charge in [0.05, 0.1) is 5.56 Å². The molecule has 35 heavy (non-hydrogen) atoms. The number of nitrogens with zero attached hydrogens (tertiary/aromatic N) is 1. The Balaban J connectivity index is 1.80. The normalized spacial score (nSPS) is 21.5. The summed E-state index contributed by atoms with van der Waals surface area (Å²) in [6, 6.07) is 3.20. The zero-order valence-corrected chi connectivity index (χ0v) is 21.8. The summed E-state index contributed by atoms with van der Waals surface area (Å²) in [5.74, 6) is -1.53. The van der Waals surface area contributed by atoms with E-state index < -0.39 is 35.1 Å². The molecule has 1 aromatic carbocycles. The van der Waals surface area contributed by atoms with E-state index in [0.29, 0.717) is 12.5 Å². The van der Waals surface area contributed by atoms with Gasteiger partial charge < -0.3 is 14.8 Å². The summed E-state index contributed by atoms with van der Waals surface area (Å²) in [4.78, 5) is 40.2. The Hall–Kier alpha value is -2.64. The Labute approximate surface area is 207 Å². The van der Waals surface area contributed by atoms with E-state index in [1.165, 1.54) is 23.5 Å². The molecule has 2 amide bonds. The summed E-state index contributed by atoms with van der Waals surface area (Å²) in [6.07, 6.45) is 5.74. The van der Waals surface area contributed by atoms with Crippen LogP contribution in [0.5, 0.6) is 0 Å². The van der Waals surface area contributed by atoms with Crippen molar-refractivity contribution in [3.8, 4) is 0 Å². The number of amides is 2. The van der Waals surface area contributed by atoms with Crippen LogP contribution in [0.2, 0.25) is 0 Å². The standard InChI is InChI=1S/C27H39FN2O5/c1-26(2,3)34-24(32)20-13-12-18(16-21(20)28)29-23(31)22-19(17-10-8-7-9-11-17)14-15-30(22)25(33)35-27(4,5)6/h12-13,16-17,19,22H,7-11,14-15H2,1-6H3,(H,29,31)/t19-,22-/m0/s1. The van der Waals surface area contributed by atoms with E-state index in [9.17, 15) is 18.8 Å². The zero-order valence-electron chi connectivity index (χ0n) is 21.8. The van der Waals surface area contributed by atoms with Crippen LogP contribution in [0.15, 0.2) is 18.2 Å². The molecular weight excluding hydrogens is 451 g/mol. The van der Waals surface area contributed by atoms with Gasteiger partial charge in [-0.1, -0.05) is 32.1 Å². The molecule has 3 rings (SSSR count). The van der Waals surface area contributed by atoms with Crippen LogP contribution in [0.3, 0.4) is 0 Å². The molecule has 7 nitrogen and oxygen atoms in total. The minimum absolute atomic E-state index is 0.0219. The number of esters is 1. The van der Waals surface area contributed by atoms with Crippen LogP contribution >= 0.6 is 0 Å². The minimum atomic E-state index is -0.781. The maximum absolute atomic E-state index is 14.7. The van der Waals surface area contributed by atoms with Crippen molar-refractivity contribution in [3.63, 3.8) is 0 Å². The van der Waals surface area contributed by atoms with Crippen molar-refractivity contribution < 1.29 is 28.2 Å². The van der Waals surface area contributed by atoms with Crippen molar-refractivity contribution in [3.05, 3.63) is 29.6 Å². The third-order valence-electron chi connectivity index (χ3n) is 6.45. The van der Waals surface area contributed by atoms with Gasteiger partial charge in [0, 0.05) is 12.2 Å². The Kier molecular flexibility index (Phi) is 8.12. The smallest absolute Gasteiger partial charge is 0.410 e. The van der Waals surface area contributed by atoms with E-state index >= 15 is 0 Å². The van der Waals surface area contributed by atoms with Crippen molar-refractivity contribution in [2.45, 2.75) is 97.3 Å². The molecule has 1 aliphatic carbocycles. The quantitative estimate of drug-likeness (QED) is 0.529. The molecule has 0 unspecified atom stereocenters. The number of likely N-dealkylation sites (tertiary alicyclic amines) is 1. The van der Waals surface area contributed by atoms with Gasteiger partial charge in [-0.2, -0.15) is 0 Å². The maximum atomic E-state index is 14.7. The molecule has 0 aromatic heterocycles. The van der Waals surface area contributed by atoms with Crippen molar-refractivity contribution in [1.82, 2.24) is 4.90 Å². The topological polar surface area (TPSA) is 84.9 Å². The number of halogens is 1. The van der Waals surface area contributed by atoms with E-state index in [0.717, 1.165) is 38.2 Å². The summed E-state index contributed by atoms with van der Waals surface area (Å²) in [6.45, 7) is 10.9. The lowest BCUT2D eigenvalue weighted by Crippen LogP contribution is -2.49. The molecule has 0 bridgehead atoms. The highest BCUT2D eigenvalue weighted by Crippen LogP contribution is 2.40. The summed E-state index contributed by atoms with van der Waals surface area (Å²) < 4.78 is 25.6. The first kappa shape index (κ1) is 27.0. The van der Waals surface area contributed by atoms with Crippen LogP contribution in [-0.2, 0) is 14.3 Å².